The predicted octanol–water partition coefficient (Wildman–Crippen LogP) is 3.17. The molecule has 0 aromatic carbocycles. The number of nitrogens with zero attached hydrogens (tertiary/aromatic N) is 1. The van der Waals surface area contributed by atoms with Crippen LogP contribution in [0.1, 0.15) is 46.5 Å². The summed E-state index contributed by atoms with van der Waals surface area (Å²) in [6.45, 7) is 6.17. The lowest BCUT2D eigenvalue weighted by Crippen LogP contribution is -2.60. The smallest absolute Gasteiger partial charge is 0.326 e. The number of likely N-dealkylation sites (tertiary alicyclic amines) is 1. The fourth-order valence-corrected chi connectivity index (χ4v) is 2.83. The van der Waals surface area contributed by atoms with Gasteiger partial charge in [-0.15, -0.1) is 0 Å². The molecule has 0 aliphatic carbocycles. The predicted molar refractivity (Wildman–Crippen MR) is 67.3 cm³/mol. The highest BCUT2D eigenvalue weighted by Crippen LogP contribution is 2.34. The molecule has 1 rings (SSSR count). The zero-order valence-electron chi connectivity index (χ0n) is 11.5. The first-order chi connectivity index (χ1) is 8.31. The van der Waals surface area contributed by atoms with Crippen molar-refractivity contribution in [2.45, 2.75) is 70.8 Å². The van der Waals surface area contributed by atoms with Gasteiger partial charge in [-0.25, -0.2) is 0 Å². The van der Waals surface area contributed by atoms with Crippen LogP contribution in [0.4, 0.5) is 13.2 Å². The van der Waals surface area contributed by atoms with Crippen molar-refractivity contribution in [2.24, 2.45) is 11.7 Å². The maximum Gasteiger partial charge on any atom is 0.405 e. The second-order valence-corrected chi connectivity index (χ2v) is 5.46. The van der Waals surface area contributed by atoms with Crippen molar-refractivity contribution < 1.29 is 13.2 Å². The van der Waals surface area contributed by atoms with Crippen LogP contribution in [-0.4, -0.2) is 35.7 Å². The standard InChI is InChI=1S/C13H25F3N2/c1-4-10-7-6-9(3)18(8-10)12(11(17)5-2)13(14,15)16/h9-12H,4-8,17H2,1-3H3. The Labute approximate surface area is 108 Å². The molecule has 4 unspecified atom stereocenters. The van der Waals surface area contributed by atoms with Gasteiger partial charge in [0.25, 0.3) is 0 Å². The first kappa shape index (κ1) is 15.8. The Morgan fingerprint density at radius 2 is 1.89 bits per heavy atom. The molecular formula is C13H25F3N2. The largest absolute Gasteiger partial charge is 0.405 e. The Morgan fingerprint density at radius 1 is 1.28 bits per heavy atom. The number of hydrogen-bond donors (Lipinski definition) is 1. The molecule has 5 heteroatoms. The van der Waals surface area contributed by atoms with Crippen LogP contribution >= 0.6 is 0 Å². The molecule has 2 nitrogen and oxygen atoms in total. The molecule has 4 atom stereocenters. The first-order valence-corrected chi connectivity index (χ1v) is 6.89. The summed E-state index contributed by atoms with van der Waals surface area (Å²) in [5.41, 5.74) is 5.72. The number of halogens is 3. The van der Waals surface area contributed by atoms with E-state index in [1.165, 1.54) is 0 Å². The SMILES string of the molecule is CCC1CCC(C)N(C(C(N)CC)C(F)(F)F)C1. The molecular weight excluding hydrogens is 241 g/mol. The molecule has 1 aliphatic rings. The van der Waals surface area contributed by atoms with Crippen molar-refractivity contribution in [1.82, 2.24) is 4.90 Å². The molecule has 1 saturated heterocycles. The summed E-state index contributed by atoms with van der Waals surface area (Å²) in [7, 11) is 0. The average molecular weight is 266 g/mol. The van der Waals surface area contributed by atoms with Crippen molar-refractivity contribution in [1.29, 1.82) is 0 Å². The van der Waals surface area contributed by atoms with Crippen LogP contribution in [0.3, 0.4) is 0 Å². The Balaban J connectivity index is 2.89. The average Bonchev–Trinajstić information content (AvgIpc) is 2.30. The quantitative estimate of drug-likeness (QED) is 0.847. The van der Waals surface area contributed by atoms with Crippen LogP contribution in [0, 0.1) is 5.92 Å². The molecule has 0 aromatic heterocycles. The minimum absolute atomic E-state index is 0.0305. The van der Waals surface area contributed by atoms with Gasteiger partial charge in [0.2, 0.25) is 0 Å². The summed E-state index contributed by atoms with van der Waals surface area (Å²) in [5, 5.41) is 0. The molecule has 0 amide bonds. The van der Waals surface area contributed by atoms with Crippen LogP contribution in [0.2, 0.25) is 0 Å². The minimum Gasteiger partial charge on any atom is -0.326 e. The molecule has 0 radical (unpaired) electrons. The van der Waals surface area contributed by atoms with Crippen LogP contribution < -0.4 is 5.73 Å². The number of nitrogens with two attached hydrogens (primary N) is 1. The van der Waals surface area contributed by atoms with E-state index in [-0.39, 0.29) is 6.04 Å². The molecule has 0 aromatic rings. The Bertz CT molecular complexity index is 255. The van der Waals surface area contributed by atoms with Crippen molar-refractivity contribution in [2.75, 3.05) is 6.54 Å². The minimum atomic E-state index is -4.24. The van der Waals surface area contributed by atoms with Crippen LogP contribution in [-0.2, 0) is 0 Å². The van der Waals surface area contributed by atoms with Gasteiger partial charge in [0.05, 0.1) is 0 Å². The normalized spacial score (nSPS) is 30.2. The lowest BCUT2D eigenvalue weighted by atomic mass is 9.88. The van der Waals surface area contributed by atoms with Gasteiger partial charge in [0, 0.05) is 18.6 Å². The second-order valence-electron chi connectivity index (χ2n) is 5.46. The fourth-order valence-electron chi connectivity index (χ4n) is 2.83. The van der Waals surface area contributed by atoms with Gasteiger partial charge in [-0.3, -0.25) is 4.90 Å². The van der Waals surface area contributed by atoms with Crippen molar-refractivity contribution in [3.8, 4) is 0 Å². The third-order valence-electron chi connectivity index (χ3n) is 4.17. The maximum absolute atomic E-state index is 13.2. The molecule has 18 heavy (non-hydrogen) atoms. The van der Waals surface area contributed by atoms with Gasteiger partial charge in [-0.2, -0.15) is 13.2 Å². The molecule has 0 saturated carbocycles. The summed E-state index contributed by atoms with van der Waals surface area (Å²) in [6, 6.07) is -2.35. The van der Waals surface area contributed by atoms with Crippen molar-refractivity contribution in [3.63, 3.8) is 0 Å². The lowest BCUT2D eigenvalue weighted by Gasteiger charge is -2.45. The number of rotatable bonds is 4. The lowest BCUT2D eigenvalue weighted by molar-refractivity contribution is -0.200. The Morgan fingerprint density at radius 3 is 2.33 bits per heavy atom. The van der Waals surface area contributed by atoms with E-state index in [0.717, 1.165) is 19.3 Å². The number of alkyl halides is 3. The van der Waals surface area contributed by atoms with Crippen LogP contribution in [0.25, 0.3) is 0 Å². The zero-order chi connectivity index (χ0) is 13.9. The third-order valence-corrected chi connectivity index (χ3v) is 4.17. The summed E-state index contributed by atoms with van der Waals surface area (Å²) in [6.07, 6.45) is -1.08. The molecule has 2 N–H and O–H groups in total. The highest BCUT2D eigenvalue weighted by Gasteiger charge is 2.48. The van der Waals surface area contributed by atoms with Gasteiger partial charge >= 0.3 is 6.18 Å². The molecule has 1 aliphatic heterocycles. The Kier molecular flexibility index (Phi) is 5.46. The number of hydrogen-bond acceptors (Lipinski definition) is 2. The van der Waals surface area contributed by atoms with E-state index >= 15 is 0 Å². The fraction of sp³-hybridized carbons (Fsp3) is 1.00. The Hall–Kier alpha value is -0.290. The summed E-state index contributed by atoms with van der Waals surface area (Å²) >= 11 is 0. The van der Waals surface area contributed by atoms with Gasteiger partial charge in [0.15, 0.2) is 0 Å². The van der Waals surface area contributed by atoms with E-state index in [9.17, 15) is 13.2 Å². The highest BCUT2D eigenvalue weighted by molar-refractivity contribution is 4.92. The maximum atomic E-state index is 13.2. The highest BCUT2D eigenvalue weighted by atomic mass is 19.4. The van der Waals surface area contributed by atoms with Crippen LogP contribution in [0.5, 0.6) is 0 Å². The second kappa shape index (κ2) is 6.24. The third kappa shape index (κ3) is 3.60. The van der Waals surface area contributed by atoms with E-state index in [2.05, 4.69) is 0 Å². The molecule has 108 valence electrons. The van der Waals surface area contributed by atoms with E-state index in [1.54, 1.807) is 11.8 Å². The zero-order valence-corrected chi connectivity index (χ0v) is 11.5. The van der Waals surface area contributed by atoms with E-state index in [0.29, 0.717) is 18.9 Å². The van der Waals surface area contributed by atoms with E-state index in [1.807, 2.05) is 13.8 Å². The van der Waals surface area contributed by atoms with Crippen LogP contribution in [0.15, 0.2) is 0 Å². The van der Waals surface area contributed by atoms with Crippen molar-refractivity contribution in [3.05, 3.63) is 0 Å². The van der Waals surface area contributed by atoms with E-state index < -0.39 is 18.3 Å². The van der Waals surface area contributed by atoms with Gasteiger partial charge in [-0.05, 0) is 32.1 Å². The monoisotopic (exact) mass is 266 g/mol. The summed E-state index contributed by atoms with van der Waals surface area (Å²) in [5.74, 6) is 0.370. The summed E-state index contributed by atoms with van der Waals surface area (Å²) < 4.78 is 39.7. The van der Waals surface area contributed by atoms with Gasteiger partial charge in [0.1, 0.15) is 6.04 Å². The summed E-state index contributed by atoms with van der Waals surface area (Å²) in [4.78, 5) is 1.59. The molecule has 1 fully saturated rings. The van der Waals surface area contributed by atoms with E-state index in [4.69, 9.17) is 5.73 Å². The van der Waals surface area contributed by atoms with Crippen molar-refractivity contribution >= 4 is 0 Å². The van der Waals surface area contributed by atoms with Gasteiger partial charge in [-0.1, -0.05) is 20.3 Å². The van der Waals surface area contributed by atoms with Gasteiger partial charge < -0.3 is 5.73 Å². The molecule has 0 bridgehead atoms. The molecule has 1 heterocycles. The first-order valence-electron chi connectivity index (χ1n) is 6.89. The molecule has 0 spiro atoms. The number of piperidine rings is 1. The topological polar surface area (TPSA) is 29.3 Å².